The Labute approximate surface area is 155 Å². The summed E-state index contributed by atoms with van der Waals surface area (Å²) in [5.74, 6) is -0.720. The van der Waals surface area contributed by atoms with Gasteiger partial charge in [0, 0.05) is 22.0 Å². The minimum absolute atomic E-state index is 0.0281. The molecule has 4 aromatic rings. The Morgan fingerprint density at radius 3 is 2.42 bits per heavy atom. The van der Waals surface area contributed by atoms with Gasteiger partial charge >= 0.3 is 0 Å². The number of rotatable bonds is 4. The lowest BCUT2D eigenvalue weighted by Gasteiger charge is -2.15. The van der Waals surface area contributed by atoms with Crippen LogP contribution in [0.4, 0.5) is 4.39 Å². The summed E-state index contributed by atoms with van der Waals surface area (Å²) >= 11 is 1.53. The first-order chi connectivity index (χ1) is 12.6. The van der Waals surface area contributed by atoms with Crippen molar-refractivity contribution < 1.29 is 9.18 Å². The third-order valence-electron chi connectivity index (χ3n) is 4.43. The largest absolute Gasteiger partial charge is 0.299 e. The maximum atomic E-state index is 13.4. The first-order valence-electron chi connectivity index (χ1n) is 8.34. The van der Waals surface area contributed by atoms with Gasteiger partial charge in [-0.05, 0) is 42.3 Å². The van der Waals surface area contributed by atoms with Crippen LogP contribution in [-0.2, 0) is 4.79 Å². The molecule has 4 rings (SSSR count). The summed E-state index contributed by atoms with van der Waals surface area (Å²) in [7, 11) is 0. The van der Waals surface area contributed by atoms with Crippen molar-refractivity contribution in [3.63, 3.8) is 0 Å². The van der Waals surface area contributed by atoms with Gasteiger partial charge in [-0.25, -0.2) is 9.37 Å². The van der Waals surface area contributed by atoms with E-state index in [1.165, 1.54) is 23.5 Å². The number of hydrogen-bond acceptors (Lipinski definition) is 3. The van der Waals surface area contributed by atoms with Crippen molar-refractivity contribution in [3.05, 3.63) is 89.2 Å². The number of carbonyl (C=O) groups excluding carboxylic acids is 1. The third-order valence-corrected chi connectivity index (χ3v) is 5.61. The first kappa shape index (κ1) is 16.6. The molecule has 1 unspecified atom stereocenters. The number of ketones is 1. The molecule has 0 N–H and O–H groups in total. The van der Waals surface area contributed by atoms with Gasteiger partial charge in [-0.2, -0.15) is 0 Å². The van der Waals surface area contributed by atoms with Gasteiger partial charge in [0.2, 0.25) is 0 Å². The van der Waals surface area contributed by atoms with Gasteiger partial charge in [0.05, 0.1) is 5.92 Å². The van der Waals surface area contributed by atoms with Crippen LogP contribution >= 0.6 is 11.3 Å². The van der Waals surface area contributed by atoms with E-state index < -0.39 is 5.92 Å². The van der Waals surface area contributed by atoms with Gasteiger partial charge in [-0.3, -0.25) is 4.79 Å². The van der Waals surface area contributed by atoms with Crippen LogP contribution < -0.4 is 0 Å². The molecule has 0 bridgehead atoms. The zero-order valence-electron chi connectivity index (χ0n) is 14.1. The second kappa shape index (κ2) is 6.81. The SMILES string of the molecule is CC(=O)C(c1ccc(F)cc1)c1sc2ncccc2c1-c1ccccc1. The molecule has 2 aromatic heterocycles. The number of Topliss-reactive ketones (excluding diaryl/α,β-unsaturated/α-hetero) is 1. The number of hydrogen-bond donors (Lipinski definition) is 0. The zero-order valence-corrected chi connectivity index (χ0v) is 15.0. The molecule has 128 valence electrons. The number of benzene rings is 2. The van der Waals surface area contributed by atoms with Crippen LogP contribution in [0, 0.1) is 5.82 Å². The highest BCUT2D eigenvalue weighted by Crippen LogP contribution is 2.44. The Bertz CT molecular complexity index is 1070. The van der Waals surface area contributed by atoms with Crippen molar-refractivity contribution in [1.82, 2.24) is 4.98 Å². The molecule has 0 saturated carbocycles. The maximum absolute atomic E-state index is 13.4. The Balaban J connectivity index is 2.00. The number of carbonyl (C=O) groups is 1. The number of aromatic nitrogens is 1. The van der Waals surface area contributed by atoms with Crippen molar-refractivity contribution in [2.45, 2.75) is 12.8 Å². The van der Waals surface area contributed by atoms with Gasteiger partial charge in [0.25, 0.3) is 0 Å². The summed E-state index contributed by atoms with van der Waals surface area (Å²) in [6, 6.07) is 20.1. The van der Waals surface area contributed by atoms with E-state index in [0.29, 0.717) is 0 Å². The molecule has 0 saturated heterocycles. The van der Waals surface area contributed by atoms with Crippen LogP contribution in [0.3, 0.4) is 0 Å². The molecule has 2 heterocycles. The Kier molecular flexibility index (Phi) is 4.35. The van der Waals surface area contributed by atoms with Crippen molar-refractivity contribution in [1.29, 1.82) is 0 Å². The monoisotopic (exact) mass is 361 g/mol. The van der Waals surface area contributed by atoms with Gasteiger partial charge in [0.1, 0.15) is 16.4 Å². The summed E-state index contributed by atoms with van der Waals surface area (Å²) < 4.78 is 13.4. The number of halogens is 1. The van der Waals surface area contributed by atoms with Crippen LogP contribution in [0.2, 0.25) is 0 Å². The van der Waals surface area contributed by atoms with Gasteiger partial charge in [-0.1, -0.05) is 42.5 Å². The minimum atomic E-state index is -0.440. The Morgan fingerprint density at radius 2 is 1.73 bits per heavy atom. The van der Waals surface area contributed by atoms with E-state index in [2.05, 4.69) is 4.98 Å². The van der Waals surface area contributed by atoms with E-state index in [4.69, 9.17) is 0 Å². The normalized spacial score (nSPS) is 12.2. The topological polar surface area (TPSA) is 30.0 Å². The fourth-order valence-corrected chi connectivity index (χ4v) is 4.63. The average Bonchev–Trinajstić information content (AvgIpc) is 3.03. The molecule has 4 heteroatoms. The molecule has 0 aliphatic heterocycles. The lowest BCUT2D eigenvalue weighted by molar-refractivity contribution is -0.117. The molecule has 2 aromatic carbocycles. The molecule has 0 radical (unpaired) electrons. The van der Waals surface area contributed by atoms with E-state index in [9.17, 15) is 9.18 Å². The van der Waals surface area contributed by atoms with E-state index in [-0.39, 0.29) is 11.6 Å². The zero-order chi connectivity index (χ0) is 18.1. The number of pyridine rings is 1. The lowest BCUT2D eigenvalue weighted by Crippen LogP contribution is -2.10. The fourth-order valence-electron chi connectivity index (χ4n) is 3.28. The molecular formula is C22H16FNOS. The fraction of sp³-hybridized carbons (Fsp3) is 0.0909. The summed E-state index contributed by atoms with van der Waals surface area (Å²) in [6.45, 7) is 1.58. The van der Waals surface area contributed by atoms with E-state index in [0.717, 1.165) is 31.8 Å². The van der Waals surface area contributed by atoms with E-state index in [1.54, 1.807) is 25.3 Å². The van der Waals surface area contributed by atoms with Crippen LogP contribution in [0.15, 0.2) is 72.9 Å². The summed E-state index contributed by atoms with van der Waals surface area (Å²) in [5, 5.41) is 1.03. The highest BCUT2D eigenvalue weighted by atomic mass is 32.1. The maximum Gasteiger partial charge on any atom is 0.142 e. The lowest BCUT2D eigenvalue weighted by atomic mass is 9.89. The van der Waals surface area contributed by atoms with E-state index in [1.807, 2.05) is 42.5 Å². The standard InChI is InChI=1S/C22H16FNOS/c1-14(25)19(16-9-11-17(23)12-10-16)21-20(15-6-3-2-4-7-15)18-8-5-13-24-22(18)26-21/h2-13,19H,1H3. The van der Waals surface area contributed by atoms with Crippen molar-refractivity contribution in [3.8, 4) is 11.1 Å². The second-order valence-corrected chi connectivity index (χ2v) is 7.19. The smallest absolute Gasteiger partial charge is 0.142 e. The molecule has 1 atom stereocenters. The summed E-state index contributed by atoms with van der Waals surface area (Å²) in [4.78, 5) is 18.9. The third kappa shape index (κ3) is 2.93. The molecule has 0 fully saturated rings. The van der Waals surface area contributed by atoms with Gasteiger partial charge < -0.3 is 0 Å². The second-order valence-electron chi connectivity index (χ2n) is 6.16. The quantitative estimate of drug-likeness (QED) is 0.458. The van der Waals surface area contributed by atoms with E-state index >= 15 is 0 Å². The number of fused-ring (bicyclic) bond motifs is 1. The van der Waals surface area contributed by atoms with Crippen LogP contribution in [0.5, 0.6) is 0 Å². The molecular weight excluding hydrogens is 345 g/mol. The van der Waals surface area contributed by atoms with Crippen LogP contribution in [0.25, 0.3) is 21.3 Å². The first-order valence-corrected chi connectivity index (χ1v) is 9.15. The number of thiophene rings is 1. The minimum Gasteiger partial charge on any atom is -0.299 e. The predicted octanol–water partition coefficient (Wildman–Crippen LogP) is 5.82. The molecule has 2 nitrogen and oxygen atoms in total. The molecule has 0 spiro atoms. The van der Waals surface area contributed by atoms with Crippen LogP contribution in [-0.4, -0.2) is 10.8 Å². The molecule has 26 heavy (non-hydrogen) atoms. The molecule has 0 aliphatic carbocycles. The van der Waals surface area contributed by atoms with Crippen molar-refractivity contribution >= 4 is 27.3 Å². The Morgan fingerprint density at radius 1 is 1.00 bits per heavy atom. The molecule has 0 amide bonds. The summed E-state index contributed by atoms with van der Waals surface area (Å²) in [6.07, 6.45) is 1.76. The predicted molar refractivity (Wildman–Crippen MR) is 104 cm³/mol. The van der Waals surface area contributed by atoms with Gasteiger partial charge in [0.15, 0.2) is 0 Å². The van der Waals surface area contributed by atoms with Crippen LogP contribution in [0.1, 0.15) is 23.3 Å². The van der Waals surface area contributed by atoms with Crippen molar-refractivity contribution in [2.75, 3.05) is 0 Å². The Hall–Kier alpha value is -2.85. The highest BCUT2D eigenvalue weighted by Gasteiger charge is 2.27. The summed E-state index contributed by atoms with van der Waals surface area (Å²) in [5.41, 5.74) is 2.88. The van der Waals surface area contributed by atoms with Crippen molar-refractivity contribution in [2.24, 2.45) is 0 Å². The molecule has 0 aliphatic rings. The number of nitrogens with zero attached hydrogens (tertiary/aromatic N) is 1. The average molecular weight is 361 g/mol. The highest BCUT2D eigenvalue weighted by molar-refractivity contribution is 7.19. The van der Waals surface area contributed by atoms with Gasteiger partial charge in [-0.15, -0.1) is 11.3 Å².